The summed E-state index contributed by atoms with van der Waals surface area (Å²) in [5.41, 5.74) is 0.0107. The Balaban J connectivity index is 2.17. The first-order valence-electron chi connectivity index (χ1n) is 7.26. The molecule has 3 aromatic rings. The molecule has 0 spiro atoms. The molecule has 140 valence electrons. The number of phenols is 2. The quantitative estimate of drug-likeness (QED) is 0.166. The normalized spacial score (nSPS) is 11.0. The van der Waals surface area contributed by atoms with E-state index in [1.807, 2.05) is 0 Å². The molecule has 0 aliphatic carbocycles. The maximum Gasteiger partial charge on any atom is 0.315 e. The summed E-state index contributed by atoms with van der Waals surface area (Å²) < 4.78 is 5.53. The van der Waals surface area contributed by atoms with Crippen molar-refractivity contribution in [1.82, 2.24) is 10.1 Å². The highest BCUT2D eigenvalue weighted by atomic mass is 35.5. The molecule has 0 atom stereocenters. The first-order chi connectivity index (χ1) is 12.6. The van der Waals surface area contributed by atoms with E-state index < -0.39 is 22.1 Å². The van der Waals surface area contributed by atoms with Gasteiger partial charge in [-0.15, -0.1) is 0 Å². The number of nitro benzene ring substituents is 1. The van der Waals surface area contributed by atoms with Crippen molar-refractivity contribution < 1.29 is 24.4 Å². The third-order valence-corrected chi connectivity index (χ3v) is 4.78. The monoisotopic (exact) mass is 412 g/mol. The van der Waals surface area contributed by atoms with Crippen LogP contribution in [-0.4, -0.2) is 25.3 Å². The van der Waals surface area contributed by atoms with Gasteiger partial charge in [0, 0.05) is 18.6 Å². The highest BCUT2D eigenvalue weighted by Gasteiger charge is 2.28. The third kappa shape index (κ3) is 2.98. The van der Waals surface area contributed by atoms with E-state index in [4.69, 9.17) is 27.7 Å². The topological polar surface area (TPSA) is 149 Å². The minimum Gasteiger partial charge on any atom is -0.617 e. The number of nitro groups is 1. The summed E-state index contributed by atoms with van der Waals surface area (Å²) in [6.45, 7) is 3.10. The van der Waals surface area contributed by atoms with Crippen LogP contribution in [0.4, 0.5) is 5.69 Å². The fourth-order valence-corrected chi connectivity index (χ4v) is 2.96. The molecule has 0 unspecified atom stereocenters. The number of aromatic nitrogens is 3. The highest BCUT2D eigenvalue weighted by molar-refractivity contribution is 6.34. The number of rotatable bonds is 3. The van der Waals surface area contributed by atoms with Gasteiger partial charge in [-0.2, -0.15) is 9.71 Å². The van der Waals surface area contributed by atoms with Crippen molar-refractivity contribution in [3.63, 3.8) is 0 Å². The second-order valence-corrected chi connectivity index (χ2v) is 6.26. The number of hydrogen-bond donors (Lipinski definition) is 2. The lowest BCUT2D eigenvalue weighted by Gasteiger charge is -2.10. The fourth-order valence-electron chi connectivity index (χ4n) is 2.44. The molecule has 2 heterocycles. The largest absolute Gasteiger partial charge is 0.617 e. The van der Waals surface area contributed by atoms with E-state index >= 15 is 0 Å². The van der Waals surface area contributed by atoms with E-state index in [1.54, 1.807) is 6.92 Å². The van der Waals surface area contributed by atoms with Crippen LogP contribution in [0.3, 0.4) is 0 Å². The van der Waals surface area contributed by atoms with Crippen LogP contribution in [0.1, 0.15) is 11.3 Å². The number of benzene rings is 1. The van der Waals surface area contributed by atoms with E-state index in [1.165, 1.54) is 6.92 Å². The summed E-state index contributed by atoms with van der Waals surface area (Å²) in [4.78, 5) is 14.2. The van der Waals surface area contributed by atoms with Crippen LogP contribution in [0.15, 0.2) is 16.7 Å². The Morgan fingerprint density at radius 2 is 1.93 bits per heavy atom. The van der Waals surface area contributed by atoms with Gasteiger partial charge in [0.05, 0.1) is 4.92 Å². The molecule has 0 fully saturated rings. The lowest BCUT2D eigenvalue weighted by atomic mass is 10.1. The number of pyridine rings is 1. The Hall–Kier alpha value is -3.11. The number of halogens is 2. The molecule has 10 nitrogen and oxygen atoms in total. The summed E-state index contributed by atoms with van der Waals surface area (Å²) in [7, 11) is 0. The van der Waals surface area contributed by atoms with Gasteiger partial charge in [-0.1, -0.05) is 16.8 Å². The summed E-state index contributed by atoms with van der Waals surface area (Å²) in [6.07, 6.45) is 0. The second kappa shape index (κ2) is 6.56. The minimum absolute atomic E-state index is 0.00832. The molecule has 0 saturated carbocycles. The van der Waals surface area contributed by atoms with Gasteiger partial charge in [0.15, 0.2) is 5.75 Å². The smallest absolute Gasteiger partial charge is 0.315 e. The van der Waals surface area contributed by atoms with Crippen LogP contribution in [0.25, 0.3) is 22.8 Å². The van der Waals surface area contributed by atoms with Crippen LogP contribution in [0.5, 0.6) is 11.5 Å². The Bertz CT molecular complexity index is 1070. The summed E-state index contributed by atoms with van der Waals surface area (Å²) in [5.74, 6) is -1.89. The van der Waals surface area contributed by atoms with E-state index in [-0.39, 0.29) is 38.7 Å². The third-order valence-electron chi connectivity index (χ3n) is 3.88. The van der Waals surface area contributed by atoms with E-state index in [2.05, 4.69) is 10.1 Å². The molecule has 0 aliphatic heterocycles. The van der Waals surface area contributed by atoms with Gasteiger partial charge >= 0.3 is 5.69 Å². The van der Waals surface area contributed by atoms with E-state index in [0.29, 0.717) is 10.3 Å². The Kier molecular flexibility index (Phi) is 4.54. The molecule has 2 N–H and O–H groups in total. The van der Waals surface area contributed by atoms with Gasteiger partial charge < -0.3 is 19.9 Å². The lowest BCUT2D eigenvalue weighted by Crippen LogP contribution is -2.33. The van der Waals surface area contributed by atoms with Crippen LogP contribution in [0, 0.1) is 29.2 Å². The average molecular weight is 413 g/mol. The van der Waals surface area contributed by atoms with Gasteiger partial charge in [-0.3, -0.25) is 10.1 Å². The van der Waals surface area contributed by atoms with E-state index in [9.17, 15) is 25.5 Å². The van der Waals surface area contributed by atoms with Crippen molar-refractivity contribution >= 4 is 28.9 Å². The zero-order valence-electron chi connectivity index (χ0n) is 13.7. The molecule has 0 bridgehead atoms. The molecule has 0 aliphatic rings. The van der Waals surface area contributed by atoms with Crippen molar-refractivity contribution in [1.29, 1.82) is 0 Å². The van der Waals surface area contributed by atoms with Gasteiger partial charge in [-0.25, -0.2) is 0 Å². The summed E-state index contributed by atoms with van der Waals surface area (Å²) in [6, 6.07) is 2.00. The predicted octanol–water partition coefficient (Wildman–Crippen LogP) is 3.28. The molecule has 12 heteroatoms. The molecule has 0 amide bonds. The maximum absolute atomic E-state index is 12.1. The van der Waals surface area contributed by atoms with Crippen molar-refractivity contribution in [2.45, 2.75) is 13.8 Å². The Morgan fingerprint density at radius 3 is 2.56 bits per heavy atom. The Morgan fingerprint density at radius 1 is 1.26 bits per heavy atom. The Labute approximate surface area is 160 Å². The van der Waals surface area contributed by atoms with Crippen molar-refractivity contribution in [2.24, 2.45) is 0 Å². The molecule has 2 aromatic heterocycles. The molecule has 1 aromatic carbocycles. The highest BCUT2D eigenvalue weighted by Crippen LogP contribution is 2.40. The molecule has 3 rings (SSSR count). The number of hydrogen-bond acceptors (Lipinski definition) is 8. The second-order valence-electron chi connectivity index (χ2n) is 5.53. The van der Waals surface area contributed by atoms with Crippen LogP contribution < -0.4 is 4.73 Å². The van der Waals surface area contributed by atoms with Crippen LogP contribution in [0.2, 0.25) is 10.2 Å². The van der Waals surface area contributed by atoms with Gasteiger partial charge in [0.2, 0.25) is 17.3 Å². The van der Waals surface area contributed by atoms with E-state index in [0.717, 1.165) is 12.1 Å². The van der Waals surface area contributed by atoms with Crippen molar-refractivity contribution in [3.05, 3.63) is 48.9 Å². The predicted molar refractivity (Wildman–Crippen MR) is 93.6 cm³/mol. The molecule has 27 heavy (non-hydrogen) atoms. The zero-order chi connectivity index (χ0) is 20.0. The van der Waals surface area contributed by atoms with Crippen LogP contribution >= 0.6 is 23.2 Å². The number of phenolic OH excluding ortho intramolecular Hbond substituents is 2. The molecule has 0 saturated heterocycles. The van der Waals surface area contributed by atoms with Crippen LogP contribution in [-0.2, 0) is 0 Å². The molecular weight excluding hydrogens is 403 g/mol. The first kappa shape index (κ1) is 18.7. The summed E-state index contributed by atoms with van der Waals surface area (Å²) >= 11 is 12.2. The minimum atomic E-state index is -0.885. The van der Waals surface area contributed by atoms with Gasteiger partial charge in [-0.05, 0) is 30.2 Å². The van der Waals surface area contributed by atoms with Gasteiger partial charge in [0.1, 0.15) is 10.6 Å². The fraction of sp³-hybridized carbons (Fsp3) is 0.133. The SMILES string of the molecule is Cc1c(Cl)c(C)[n+]([O-])c(Cl)c1-c1nc(-c2cc(O)c(O)c([N+](=O)[O-])c2)no1. The molecule has 0 radical (unpaired) electrons. The zero-order valence-corrected chi connectivity index (χ0v) is 15.2. The maximum atomic E-state index is 12.1. The van der Waals surface area contributed by atoms with Crippen molar-refractivity contribution in [2.75, 3.05) is 0 Å². The lowest BCUT2D eigenvalue weighted by molar-refractivity contribution is -0.609. The standard InChI is InChI=1S/C15H10Cl2N4O6/c1-5-10(13(17)20(24)6(2)11(5)16)15-18-14(19-27-15)7-3-8(21(25)26)12(23)9(22)4-7/h3-4,22-23H,1-2H3. The van der Waals surface area contributed by atoms with Gasteiger partial charge in [0.25, 0.3) is 11.0 Å². The summed E-state index contributed by atoms with van der Waals surface area (Å²) in [5, 5.41) is 45.9. The average Bonchev–Trinajstić information content (AvgIpc) is 3.10. The number of nitrogens with zero attached hydrogens (tertiary/aromatic N) is 4. The molecular formula is C15H10Cl2N4O6. The van der Waals surface area contributed by atoms with Crippen molar-refractivity contribution in [3.8, 4) is 34.3 Å². The number of aromatic hydroxyl groups is 2. The first-order valence-corrected chi connectivity index (χ1v) is 8.01.